The molecule has 3 rings (SSSR count). The van der Waals surface area contributed by atoms with Crippen molar-refractivity contribution in [1.82, 2.24) is 9.55 Å². The Morgan fingerprint density at radius 3 is 2.45 bits per heavy atom. The van der Waals surface area contributed by atoms with Crippen molar-refractivity contribution in [3.8, 4) is 0 Å². The standard InChI is InChI=1S/C17H29N3/c1-3-7-15(8-4-1)11-13-20-14-12-18-17(20)19-16-9-5-2-6-10-16/h12,14-16H,1-11,13H2,(H,18,19). The predicted molar refractivity (Wildman–Crippen MR) is 83.9 cm³/mol. The van der Waals surface area contributed by atoms with Crippen LogP contribution in [0.25, 0.3) is 0 Å². The van der Waals surface area contributed by atoms with Crippen molar-refractivity contribution in [1.29, 1.82) is 0 Å². The summed E-state index contributed by atoms with van der Waals surface area (Å²) in [6.07, 6.45) is 19.5. The number of hydrogen-bond donors (Lipinski definition) is 1. The zero-order valence-corrected chi connectivity index (χ0v) is 12.7. The van der Waals surface area contributed by atoms with Gasteiger partial charge in [0.15, 0.2) is 0 Å². The van der Waals surface area contributed by atoms with E-state index in [1.54, 1.807) is 0 Å². The van der Waals surface area contributed by atoms with E-state index in [0.29, 0.717) is 6.04 Å². The Morgan fingerprint density at radius 1 is 1.00 bits per heavy atom. The summed E-state index contributed by atoms with van der Waals surface area (Å²) in [6.45, 7) is 1.14. The highest BCUT2D eigenvalue weighted by molar-refractivity contribution is 5.27. The minimum atomic E-state index is 0.652. The Kier molecular flexibility index (Phi) is 4.99. The number of rotatable bonds is 5. The fourth-order valence-electron chi connectivity index (χ4n) is 3.86. The van der Waals surface area contributed by atoms with Gasteiger partial charge in [0.2, 0.25) is 5.95 Å². The van der Waals surface area contributed by atoms with Crippen LogP contribution in [0.1, 0.15) is 70.6 Å². The normalized spacial score (nSPS) is 22.0. The zero-order valence-electron chi connectivity index (χ0n) is 12.7. The highest BCUT2D eigenvalue weighted by atomic mass is 15.2. The van der Waals surface area contributed by atoms with Gasteiger partial charge in [0.25, 0.3) is 0 Å². The van der Waals surface area contributed by atoms with Crippen LogP contribution in [0.2, 0.25) is 0 Å². The Morgan fingerprint density at radius 2 is 1.70 bits per heavy atom. The van der Waals surface area contributed by atoms with E-state index in [1.165, 1.54) is 70.6 Å². The number of aryl methyl sites for hydroxylation is 1. The van der Waals surface area contributed by atoms with E-state index in [9.17, 15) is 0 Å². The van der Waals surface area contributed by atoms with Crippen molar-refractivity contribution < 1.29 is 0 Å². The lowest BCUT2D eigenvalue weighted by atomic mass is 9.87. The van der Waals surface area contributed by atoms with Crippen molar-refractivity contribution in [2.24, 2.45) is 5.92 Å². The average Bonchev–Trinajstić information content (AvgIpc) is 2.94. The number of nitrogens with zero attached hydrogens (tertiary/aromatic N) is 2. The van der Waals surface area contributed by atoms with Gasteiger partial charge in [-0.25, -0.2) is 4.98 Å². The molecule has 3 nitrogen and oxygen atoms in total. The van der Waals surface area contributed by atoms with Gasteiger partial charge in [0.05, 0.1) is 0 Å². The van der Waals surface area contributed by atoms with Gasteiger partial charge >= 0.3 is 0 Å². The lowest BCUT2D eigenvalue weighted by molar-refractivity contribution is 0.324. The quantitative estimate of drug-likeness (QED) is 0.851. The smallest absolute Gasteiger partial charge is 0.202 e. The molecule has 2 aliphatic carbocycles. The molecule has 0 unspecified atom stereocenters. The molecule has 1 aromatic rings. The lowest BCUT2D eigenvalue weighted by Crippen LogP contribution is -2.24. The van der Waals surface area contributed by atoms with Crippen LogP contribution in [0.3, 0.4) is 0 Å². The molecule has 1 heterocycles. The second kappa shape index (κ2) is 7.14. The molecule has 0 amide bonds. The average molecular weight is 275 g/mol. The van der Waals surface area contributed by atoms with E-state index in [0.717, 1.165) is 18.4 Å². The van der Waals surface area contributed by atoms with Gasteiger partial charge in [-0.15, -0.1) is 0 Å². The fourth-order valence-corrected chi connectivity index (χ4v) is 3.86. The SMILES string of the molecule is c1cn(CCC2CCCCC2)c(NC2CCCCC2)n1. The van der Waals surface area contributed by atoms with Crippen molar-refractivity contribution in [3.63, 3.8) is 0 Å². The van der Waals surface area contributed by atoms with Crippen LogP contribution in [-0.2, 0) is 6.54 Å². The fraction of sp³-hybridized carbons (Fsp3) is 0.824. The van der Waals surface area contributed by atoms with E-state index < -0.39 is 0 Å². The molecule has 0 atom stereocenters. The van der Waals surface area contributed by atoms with Crippen LogP contribution in [0, 0.1) is 5.92 Å². The molecular weight excluding hydrogens is 246 g/mol. The molecule has 1 N–H and O–H groups in total. The molecule has 0 saturated heterocycles. The minimum absolute atomic E-state index is 0.652. The van der Waals surface area contributed by atoms with Crippen molar-refractivity contribution in [3.05, 3.63) is 12.4 Å². The predicted octanol–water partition coefficient (Wildman–Crippen LogP) is 4.60. The zero-order chi connectivity index (χ0) is 13.6. The molecule has 0 bridgehead atoms. The maximum Gasteiger partial charge on any atom is 0.202 e. The molecule has 0 aromatic carbocycles. The number of nitrogens with one attached hydrogen (secondary N) is 1. The molecule has 0 aliphatic heterocycles. The Balaban J connectivity index is 1.50. The van der Waals surface area contributed by atoms with Gasteiger partial charge in [-0.05, 0) is 25.2 Å². The van der Waals surface area contributed by atoms with E-state index in [-0.39, 0.29) is 0 Å². The van der Waals surface area contributed by atoms with E-state index in [4.69, 9.17) is 0 Å². The number of anilines is 1. The summed E-state index contributed by atoms with van der Waals surface area (Å²) in [4.78, 5) is 4.53. The number of imidazole rings is 1. The molecule has 2 aliphatic rings. The summed E-state index contributed by atoms with van der Waals surface area (Å²) >= 11 is 0. The van der Waals surface area contributed by atoms with Crippen LogP contribution in [0.5, 0.6) is 0 Å². The van der Waals surface area contributed by atoms with E-state index in [2.05, 4.69) is 21.1 Å². The minimum Gasteiger partial charge on any atom is -0.353 e. The van der Waals surface area contributed by atoms with Gasteiger partial charge in [0.1, 0.15) is 0 Å². The largest absolute Gasteiger partial charge is 0.353 e. The molecule has 20 heavy (non-hydrogen) atoms. The maximum absolute atomic E-state index is 4.53. The first-order valence-corrected chi connectivity index (χ1v) is 8.69. The Labute approximate surface area is 123 Å². The monoisotopic (exact) mass is 275 g/mol. The third kappa shape index (κ3) is 3.77. The molecule has 0 radical (unpaired) electrons. The first-order chi connectivity index (χ1) is 9.92. The lowest BCUT2D eigenvalue weighted by Gasteiger charge is -2.25. The first-order valence-electron chi connectivity index (χ1n) is 8.69. The van der Waals surface area contributed by atoms with E-state index >= 15 is 0 Å². The third-order valence-electron chi connectivity index (χ3n) is 5.16. The van der Waals surface area contributed by atoms with Gasteiger partial charge in [-0.2, -0.15) is 0 Å². The summed E-state index contributed by atoms with van der Waals surface area (Å²) in [5, 5.41) is 3.67. The maximum atomic E-state index is 4.53. The molecule has 2 fully saturated rings. The highest BCUT2D eigenvalue weighted by Crippen LogP contribution is 2.27. The highest BCUT2D eigenvalue weighted by Gasteiger charge is 2.16. The van der Waals surface area contributed by atoms with Gasteiger partial charge in [-0.3, -0.25) is 0 Å². The first kappa shape index (κ1) is 14.0. The van der Waals surface area contributed by atoms with Crippen molar-refractivity contribution >= 4 is 5.95 Å². The van der Waals surface area contributed by atoms with Crippen LogP contribution in [0.4, 0.5) is 5.95 Å². The van der Waals surface area contributed by atoms with E-state index in [1.807, 2.05) is 6.20 Å². The summed E-state index contributed by atoms with van der Waals surface area (Å²) in [7, 11) is 0. The van der Waals surface area contributed by atoms with Gasteiger partial charge in [-0.1, -0.05) is 51.4 Å². The summed E-state index contributed by atoms with van der Waals surface area (Å²) in [6, 6.07) is 0.652. The van der Waals surface area contributed by atoms with Crippen LogP contribution in [-0.4, -0.2) is 15.6 Å². The van der Waals surface area contributed by atoms with Crippen LogP contribution in [0.15, 0.2) is 12.4 Å². The third-order valence-corrected chi connectivity index (χ3v) is 5.16. The molecule has 0 spiro atoms. The van der Waals surface area contributed by atoms with Crippen molar-refractivity contribution in [2.45, 2.75) is 83.2 Å². The van der Waals surface area contributed by atoms with Crippen LogP contribution < -0.4 is 5.32 Å². The molecule has 3 heteroatoms. The second-order valence-electron chi connectivity index (χ2n) is 6.72. The van der Waals surface area contributed by atoms with Gasteiger partial charge < -0.3 is 9.88 Å². The number of aromatic nitrogens is 2. The van der Waals surface area contributed by atoms with Crippen molar-refractivity contribution in [2.75, 3.05) is 5.32 Å². The molecule has 1 aromatic heterocycles. The Bertz CT molecular complexity index is 387. The summed E-state index contributed by atoms with van der Waals surface area (Å²) in [5.74, 6) is 2.06. The topological polar surface area (TPSA) is 29.9 Å². The second-order valence-corrected chi connectivity index (χ2v) is 6.72. The summed E-state index contributed by atoms with van der Waals surface area (Å²) < 4.78 is 2.34. The molecular formula is C17H29N3. The molecule has 2 saturated carbocycles. The number of hydrogen-bond acceptors (Lipinski definition) is 2. The summed E-state index contributed by atoms with van der Waals surface area (Å²) in [5.41, 5.74) is 0. The molecule has 112 valence electrons. The van der Waals surface area contributed by atoms with Gasteiger partial charge in [0, 0.05) is 25.0 Å². The Hall–Kier alpha value is -0.990. The van der Waals surface area contributed by atoms with Crippen LogP contribution >= 0.6 is 0 Å².